The van der Waals surface area contributed by atoms with Crippen molar-refractivity contribution in [2.24, 2.45) is 0 Å². The van der Waals surface area contributed by atoms with Crippen LogP contribution in [0.1, 0.15) is 47.8 Å². The molecule has 0 saturated heterocycles. The number of thiazole rings is 1. The number of hydrogen-bond acceptors (Lipinski definition) is 6. The molecule has 0 unspecified atom stereocenters. The molecule has 1 aromatic heterocycles. The molecule has 0 amide bonds. The Morgan fingerprint density at radius 1 is 1.40 bits per heavy atom. The minimum atomic E-state index is -2.66. The molecule has 0 bridgehead atoms. The topological polar surface area (TPSA) is 71.5 Å². The van der Waals surface area contributed by atoms with Gasteiger partial charge in [0.25, 0.3) is 6.43 Å². The molecule has 0 atom stereocenters. The smallest absolute Gasteiger partial charge is 0.267 e. The minimum absolute atomic E-state index is 0.173. The third-order valence-corrected chi connectivity index (χ3v) is 4.38. The summed E-state index contributed by atoms with van der Waals surface area (Å²) in [5, 5.41) is 12.1. The van der Waals surface area contributed by atoms with Gasteiger partial charge in [0.15, 0.2) is 10.9 Å². The molecule has 1 aromatic carbocycles. The predicted octanol–water partition coefficient (Wildman–Crippen LogP) is 4.57. The summed E-state index contributed by atoms with van der Waals surface area (Å²) < 4.78 is 32.0. The van der Waals surface area contributed by atoms with Crippen molar-refractivity contribution in [3.8, 4) is 5.75 Å². The molecule has 1 heterocycles. The van der Waals surface area contributed by atoms with Crippen LogP contribution < -0.4 is 10.1 Å². The molecule has 2 rings (SSSR count). The lowest BCUT2D eigenvalue weighted by molar-refractivity contribution is 0.0907. The number of aromatic nitrogens is 1. The number of benzene rings is 1. The van der Waals surface area contributed by atoms with Crippen LogP contribution in [0.3, 0.4) is 0 Å². The third-order valence-electron chi connectivity index (χ3n) is 3.43. The van der Waals surface area contributed by atoms with Gasteiger partial charge in [0, 0.05) is 5.69 Å². The van der Waals surface area contributed by atoms with Gasteiger partial charge in [0.1, 0.15) is 12.4 Å². The highest BCUT2D eigenvalue weighted by atomic mass is 32.1. The zero-order chi connectivity index (χ0) is 18.2. The second-order valence-corrected chi connectivity index (χ2v) is 6.38. The van der Waals surface area contributed by atoms with Gasteiger partial charge < -0.3 is 15.2 Å². The Morgan fingerprint density at radius 2 is 2.20 bits per heavy atom. The largest absolute Gasteiger partial charge is 0.493 e. The number of unbranched alkanes of at least 4 members (excludes halogenated alkanes) is 2. The first-order chi connectivity index (χ1) is 12.0. The van der Waals surface area contributed by atoms with Crippen LogP contribution in [0, 0.1) is 0 Å². The van der Waals surface area contributed by atoms with Crippen LogP contribution in [0.15, 0.2) is 24.4 Å². The summed E-state index contributed by atoms with van der Waals surface area (Å²) in [6.45, 7) is 1.86. The summed E-state index contributed by atoms with van der Waals surface area (Å²) in [6, 6.07) is 4.44. The van der Waals surface area contributed by atoms with E-state index in [9.17, 15) is 13.6 Å². The first kappa shape index (κ1) is 19.3. The van der Waals surface area contributed by atoms with Crippen LogP contribution in [0.25, 0.3) is 0 Å². The van der Waals surface area contributed by atoms with Crippen molar-refractivity contribution in [3.63, 3.8) is 0 Å². The molecule has 5 nitrogen and oxygen atoms in total. The number of carbonyl (C=O) groups excluding carboxylic acids is 1. The van der Waals surface area contributed by atoms with Crippen molar-refractivity contribution >= 4 is 27.9 Å². The number of halogens is 2. The zero-order valence-corrected chi connectivity index (χ0v) is 14.6. The summed E-state index contributed by atoms with van der Waals surface area (Å²) in [6.07, 6.45) is 1.52. The molecule has 0 aliphatic rings. The quantitative estimate of drug-likeness (QED) is 0.474. The average molecular weight is 370 g/mol. The van der Waals surface area contributed by atoms with Gasteiger partial charge in [-0.1, -0.05) is 31.1 Å². The molecule has 0 aliphatic heterocycles. The van der Waals surface area contributed by atoms with Gasteiger partial charge in [-0.2, -0.15) is 0 Å². The second kappa shape index (κ2) is 9.43. The summed E-state index contributed by atoms with van der Waals surface area (Å²) in [7, 11) is 0. The van der Waals surface area contributed by atoms with E-state index in [1.54, 1.807) is 6.07 Å². The number of ketones is 1. The van der Waals surface area contributed by atoms with Crippen LogP contribution in [0.2, 0.25) is 0 Å². The number of rotatable bonds is 10. The summed E-state index contributed by atoms with van der Waals surface area (Å²) in [5.74, 6) is -0.262. The molecular formula is C17H20F2N2O3S. The Morgan fingerprint density at radius 3 is 2.88 bits per heavy atom. The molecule has 0 saturated carbocycles. The van der Waals surface area contributed by atoms with Crippen LogP contribution in [0.5, 0.6) is 5.75 Å². The lowest BCUT2D eigenvalue weighted by Gasteiger charge is -2.13. The number of carbonyl (C=O) groups is 1. The average Bonchev–Trinajstić information content (AvgIpc) is 3.07. The Bertz CT molecular complexity index is 707. The lowest BCUT2D eigenvalue weighted by Crippen LogP contribution is -2.01. The molecule has 0 radical (unpaired) electrons. The van der Waals surface area contributed by atoms with E-state index >= 15 is 0 Å². The Hall–Kier alpha value is -2.06. The Labute approximate surface area is 148 Å². The van der Waals surface area contributed by atoms with Crippen molar-refractivity contribution in [2.45, 2.75) is 32.6 Å². The number of alkyl halides is 2. The van der Waals surface area contributed by atoms with Crippen LogP contribution in [-0.2, 0) is 0 Å². The van der Waals surface area contributed by atoms with Gasteiger partial charge in [0.2, 0.25) is 0 Å². The number of nitrogens with one attached hydrogen (secondary N) is 1. The van der Waals surface area contributed by atoms with E-state index in [0.717, 1.165) is 30.6 Å². The molecule has 0 aliphatic carbocycles. The van der Waals surface area contributed by atoms with E-state index in [0.29, 0.717) is 22.3 Å². The minimum Gasteiger partial charge on any atom is -0.493 e. The maximum atomic E-state index is 13.3. The van der Waals surface area contributed by atoms with Gasteiger partial charge in [-0.15, -0.1) is 0 Å². The van der Waals surface area contributed by atoms with E-state index in [1.807, 2.05) is 0 Å². The van der Waals surface area contributed by atoms with E-state index in [2.05, 4.69) is 17.2 Å². The highest BCUT2D eigenvalue weighted by Crippen LogP contribution is 2.33. The third kappa shape index (κ3) is 5.47. The maximum absolute atomic E-state index is 13.3. The highest BCUT2D eigenvalue weighted by molar-refractivity contribution is 7.17. The number of hydrogen-bond donors (Lipinski definition) is 2. The van der Waals surface area contributed by atoms with E-state index < -0.39 is 18.8 Å². The number of ether oxygens (including phenoxy) is 1. The van der Waals surface area contributed by atoms with Gasteiger partial charge in [-0.05, 0) is 24.6 Å². The molecule has 8 heteroatoms. The van der Waals surface area contributed by atoms with Crippen molar-refractivity contribution in [1.29, 1.82) is 0 Å². The molecular weight excluding hydrogens is 350 g/mol. The number of anilines is 2. The lowest BCUT2D eigenvalue weighted by atomic mass is 10.2. The number of nitrogens with zero attached hydrogens (tertiary/aromatic N) is 1. The van der Waals surface area contributed by atoms with Crippen molar-refractivity contribution in [2.75, 3.05) is 18.5 Å². The Kier molecular flexibility index (Phi) is 7.27. The first-order valence-corrected chi connectivity index (χ1v) is 8.78. The number of aliphatic hydroxyl groups excluding tert-OH is 1. The fourth-order valence-corrected chi connectivity index (χ4v) is 2.89. The van der Waals surface area contributed by atoms with Crippen molar-refractivity contribution in [1.82, 2.24) is 4.98 Å². The Balaban J connectivity index is 2.09. The SMILES string of the molecule is CCCCCOc1ccc(Nc2ncc(C(=O)CO)s2)cc1C(F)F. The monoisotopic (exact) mass is 370 g/mol. The summed E-state index contributed by atoms with van der Waals surface area (Å²) >= 11 is 1.05. The number of aliphatic hydroxyl groups is 1. The molecule has 2 N–H and O–H groups in total. The second-order valence-electron chi connectivity index (χ2n) is 5.34. The van der Waals surface area contributed by atoms with Crippen molar-refractivity contribution in [3.05, 3.63) is 34.8 Å². The fraction of sp³-hybridized carbons (Fsp3) is 0.412. The molecule has 2 aromatic rings. The summed E-state index contributed by atoms with van der Waals surface area (Å²) in [5.41, 5.74) is 0.235. The van der Waals surface area contributed by atoms with E-state index in [-0.39, 0.29) is 11.3 Å². The van der Waals surface area contributed by atoms with Gasteiger partial charge in [-0.3, -0.25) is 4.79 Å². The van der Waals surface area contributed by atoms with E-state index in [4.69, 9.17) is 9.84 Å². The highest BCUT2D eigenvalue weighted by Gasteiger charge is 2.16. The van der Waals surface area contributed by atoms with Gasteiger partial charge in [-0.25, -0.2) is 13.8 Å². The standard InChI is InChI=1S/C17H20F2N2O3S/c1-2-3-4-7-24-14-6-5-11(8-12(14)16(18)19)21-17-20-9-15(25-17)13(23)10-22/h5-6,8-9,16,22H,2-4,7,10H2,1H3,(H,20,21). The first-order valence-electron chi connectivity index (χ1n) is 7.97. The molecule has 0 fully saturated rings. The van der Waals surface area contributed by atoms with E-state index in [1.165, 1.54) is 18.3 Å². The van der Waals surface area contributed by atoms with Crippen LogP contribution in [0.4, 0.5) is 19.6 Å². The summed E-state index contributed by atoms with van der Waals surface area (Å²) in [4.78, 5) is 15.7. The molecule has 136 valence electrons. The van der Waals surface area contributed by atoms with Crippen molar-refractivity contribution < 1.29 is 23.4 Å². The predicted molar refractivity (Wildman–Crippen MR) is 93.2 cm³/mol. The van der Waals surface area contributed by atoms with Crippen LogP contribution in [-0.4, -0.2) is 29.1 Å². The number of Topliss-reactive ketones (excluding diaryl/α,β-unsaturated/α-hetero) is 1. The fourth-order valence-electron chi connectivity index (χ4n) is 2.12. The van der Waals surface area contributed by atoms with Gasteiger partial charge >= 0.3 is 0 Å². The zero-order valence-electron chi connectivity index (χ0n) is 13.8. The van der Waals surface area contributed by atoms with Crippen LogP contribution >= 0.6 is 11.3 Å². The normalized spacial score (nSPS) is 10.9. The molecule has 0 spiro atoms. The van der Waals surface area contributed by atoms with Gasteiger partial charge in [0.05, 0.1) is 23.2 Å². The maximum Gasteiger partial charge on any atom is 0.267 e. The molecule has 25 heavy (non-hydrogen) atoms.